The fourth-order valence-corrected chi connectivity index (χ4v) is 5.31. The van der Waals surface area contributed by atoms with Gasteiger partial charge in [-0.3, -0.25) is 18.7 Å². The van der Waals surface area contributed by atoms with Crippen LogP contribution in [0.2, 0.25) is 5.02 Å². The zero-order valence-electron chi connectivity index (χ0n) is 20.7. The van der Waals surface area contributed by atoms with Crippen LogP contribution in [0.4, 0.5) is 0 Å². The molecule has 1 aromatic carbocycles. The number of aryl methyl sites for hydroxylation is 2. The first-order valence-electron chi connectivity index (χ1n) is 11.9. The summed E-state index contributed by atoms with van der Waals surface area (Å²) in [6.07, 6.45) is 0.868. The van der Waals surface area contributed by atoms with E-state index in [-0.39, 0.29) is 43.0 Å². The summed E-state index contributed by atoms with van der Waals surface area (Å²) in [5, 5.41) is 22.6. The summed E-state index contributed by atoms with van der Waals surface area (Å²) in [7, 11) is 2.89. The average Bonchev–Trinajstić information content (AvgIpc) is 3.42. The van der Waals surface area contributed by atoms with Gasteiger partial charge in [-0.1, -0.05) is 11.6 Å². The summed E-state index contributed by atoms with van der Waals surface area (Å²) in [6.45, 7) is 1.63. The van der Waals surface area contributed by atoms with E-state index in [0.717, 1.165) is 15.6 Å². The van der Waals surface area contributed by atoms with Crippen molar-refractivity contribution in [3.63, 3.8) is 0 Å². The molecule has 0 bridgehead atoms. The number of imidazole rings is 2. The van der Waals surface area contributed by atoms with Crippen LogP contribution in [0.1, 0.15) is 31.6 Å². The highest BCUT2D eigenvalue weighted by Gasteiger charge is 2.42. The fraction of sp³-hybridized carbons (Fsp3) is 0.458. The Morgan fingerprint density at radius 1 is 1.24 bits per heavy atom. The topological polar surface area (TPSA) is 151 Å². The number of aliphatic hydroxyl groups excluding tert-OH is 1. The number of likely N-dealkylation sites (tertiary alicyclic amines) is 1. The molecule has 1 amide bonds. The Labute approximate surface area is 215 Å². The summed E-state index contributed by atoms with van der Waals surface area (Å²) >= 11 is 6.04. The number of halogens is 1. The maximum atomic E-state index is 13.3. The third kappa shape index (κ3) is 4.45. The van der Waals surface area contributed by atoms with Crippen LogP contribution in [-0.2, 0) is 25.3 Å². The third-order valence-corrected chi connectivity index (χ3v) is 7.36. The minimum atomic E-state index is -1.47. The minimum absolute atomic E-state index is 0.0163. The Hall–Kier alpha value is -3.48. The Morgan fingerprint density at radius 2 is 2.00 bits per heavy atom. The van der Waals surface area contributed by atoms with Crippen LogP contribution in [-0.4, -0.2) is 74.5 Å². The first kappa shape index (κ1) is 25.2. The molecule has 5 rings (SSSR count). The second kappa shape index (κ2) is 9.12. The van der Waals surface area contributed by atoms with Crippen molar-refractivity contribution in [2.45, 2.75) is 43.9 Å². The van der Waals surface area contributed by atoms with Gasteiger partial charge < -0.3 is 24.7 Å². The molecule has 0 spiro atoms. The molecular formula is C24H28ClN7O5. The number of fused-ring (bicyclic) bond motifs is 2. The van der Waals surface area contributed by atoms with E-state index < -0.39 is 29.0 Å². The SMILES string of the molecule is Cn1c(=O)c2c(ncn2[C@H]2CN(C(=O)CCc3nc4ccc(Cl)cc4[nH]3)C[C@H](O)C[C@]2(C)O)n(C)c1=O. The second-order valence-electron chi connectivity index (χ2n) is 9.90. The first-order chi connectivity index (χ1) is 17.5. The van der Waals surface area contributed by atoms with Gasteiger partial charge in [-0.15, -0.1) is 0 Å². The van der Waals surface area contributed by atoms with Crippen molar-refractivity contribution < 1.29 is 15.0 Å². The number of carbonyl (C=O) groups excluding carboxylic acids is 1. The van der Waals surface area contributed by atoms with Crippen molar-refractivity contribution in [2.75, 3.05) is 13.1 Å². The van der Waals surface area contributed by atoms with E-state index in [0.29, 0.717) is 17.3 Å². The van der Waals surface area contributed by atoms with Gasteiger partial charge in [0.15, 0.2) is 11.2 Å². The lowest BCUT2D eigenvalue weighted by Crippen LogP contribution is -2.44. The molecule has 12 nitrogen and oxygen atoms in total. The molecule has 0 saturated carbocycles. The van der Waals surface area contributed by atoms with Crippen LogP contribution in [0, 0.1) is 0 Å². The molecule has 0 unspecified atom stereocenters. The normalized spacial score (nSPS) is 22.6. The van der Waals surface area contributed by atoms with Crippen molar-refractivity contribution in [3.05, 3.63) is 56.2 Å². The predicted molar refractivity (Wildman–Crippen MR) is 137 cm³/mol. The lowest BCUT2D eigenvalue weighted by atomic mass is 9.91. The Morgan fingerprint density at radius 3 is 2.76 bits per heavy atom. The molecule has 1 fully saturated rings. The lowest BCUT2D eigenvalue weighted by Gasteiger charge is -2.34. The van der Waals surface area contributed by atoms with Gasteiger partial charge in [-0.05, 0) is 25.1 Å². The molecule has 4 heterocycles. The summed E-state index contributed by atoms with van der Waals surface area (Å²) in [5.74, 6) is 0.402. The smallest absolute Gasteiger partial charge is 0.332 e. The van der Waals surface area contributed by atoms with Crippen LogP contribution in [0.3, 0.4) is 0 Å². The molecule has 3 atom stereocenters. The number of aromatic nitrogens is 6. The summed E-state index contributed by atoms with van der Waals surface area (Å²) in [5.41, 5.74) is -0.708. The molecule has 1 aliphatic heterocycles. The van der Waals surface area contributed by atoms with E-state index >= 15 is 0 Å². The van der Waals surface area contributed by atoms with Gasteiger partial charge in [0.1, 0.15) is 5.82 Å². The molecule has 0 aliphatic carbocycles. The monoisotopic (exact) mass is 529 g/mol. The van der Waals surface area contributed by atoms with Crippen LogP contribution in [0.5, 0.6) is 0 Å². The molecule has 4 aromatic rings. The largest absolute Gasteiger partial charge is 0.391 e. The number of hydrogen-bond donors (Lipinski definition) is 3. The third-order valence-electron chi connectivity index (χ3n) is 7.12. The maximum Gasteiger partial charge on any atom is 0.332 e. The number of aromatic amines is 1. The molecule has 1 saturated heterocycles. The summed E-state index contributed by atoms with van der Waals surface area (Å²) in [4.78, 5) is 52.1. The minimum Gasteiger partial charge on any atom is -0.391 e. The summed E-state index contributed by atoms with van der Waals surface area (Å²) < 4.78 is 3.75. The maximum absolute atomic E-state index is 13.3. The number of aliphatic hydroxyl groups is 2. The highest BCUT2D eigenvalue weighted by Crippen LogP contribution is 2.33. The molecule has 37 heavy (non-hydrogen) atoms. The van der Waals surface area contributed by atoms with Gasteiger partial charge in [0.2, 0.25) is 5.91 Å². The van der Waals surface area contributed by atoms with E-state index in [1.807, 2.05) is 0 Å². The van der Waals surface area contributed by atoms with Crippen molar-refractivity contribution in [3.8, 4) is 0 Å². The quantitative estimate of drug-likeness (QED) is 0.348. The van der Waals surface area contributed by atoms with Crippen LogP contribution < -0.4 is 11.2 Å². The van der Waals surface area contributed by atoms with E-state index in [4.69, 9.17) is 11.6 Å². The molecule has 196 valence electrons. The molecule has 13 heteroatoms. The number of carbonyl (C=O) groups is 1. The number of rotatable bonds is 4. The molecule has 3 aromatic heterocycles. The number of benzene rings is 1. The summed E-state index contributed by atoms with van der Waals surface area (Å²) in [6, 6.07) is 4.52. The first-order valence-corrected chi connectivity index (χ1v) is 12.3. The number of H-pyrrole nitrogens is 1. The second-order valence-corrected chi connectivity index (χ2v) is 10.3. The van der Waals surface area contributed by atoms with E-state index in [1.54, 1.807) is 25.1 Å². The zero-order chi connectivity index (χ0) is 26.6. The van der Waals surface area contributed by atoms with Crippen molar-refractivity contribution >= 4 is 39.7 Å². The van der Waals surface area contributed by atoms with Gasteiger partial charge in [0.05, 0.1) is 35.1 Å². The number of nitrogens with zero attached hydrogens (tertiary/aromatic N) is 6. The average molecular weight is 530 g/mol. The highest BCUT2D eigenvalue weighted by atomic mass is 35.5. The Kier molecular flexibility index (Phi) is 6.21. The predicted octanol–water partition coefficient (Wildman–Crippen LogP) is 0.481. The van der Waals surface area contributed by atoms with E-state index in [9.17, 15) is 24.6 Å². The Bertz CT molecular complexity index is 1630. The fourth-order valence-electron chi connectivity index (χ4n) is 5.14. The van der Waals surface area contributed by atoms with Gasteiger partial charge >= 0.3 is 5.69 Å². The van der Waals surface area contributed by atoms with Crippen molar-refractivity contribution in [1.82, 2.24) is 33.6 Å². The van der Waals surface area contributed by atoms with Gasteiger partial charge in [0.25, 0.3) is 5.56 Å². The van der Waals surface area contributed by atoms with Crippen LogP contribution >= 0.6 is 11.6 Å². The van der Waals surface area contributed by atoms with Crippen molar-refractivity contribution in [2.24, 2.45) is 14.1 Å². The van der Waals surface area contributed by atoms with Crippen LogP contribution in [0.15, 0.2) is 34.1 Å². The van der Waals surface area contributed by atoms with Crippen LogP contribution in [0.25, 0.3) is 22.2 Å². The molecule has 3 N–H and O–H groups in total. The highest BCUT2D eigenvalue weighted by molar-refractivity contribution is 6.31. The van der Waals surface area contributed by atoms with Gasteiger partial charge in [0, 0.05) is 51.5 Å². The van der Waals surface area contributed by atoms with Gasteiger partial charge in [-0.25, -0.2) is 14.8 Å². The number of hydrogen-bond acceptors (Lipinski definition) is 7. The lowest BCUT2D eigenvalue weighted by molar-refractivity contribution is -0.132. The number of amides is 1. The molecule has 1 aliphatic rings. The van der Waals surface area contributed by atoms with E-state index in [1.165, 1.54) is 34.5 Å². The van der Waals surface area contributed by atoms with Gasteiger partial charge in [-0.2, -0.15) is 0 Å². The van der Waals surface area contributed by atoms with E-state index in [2.05, 4.69) is 15.0 Å². The zero-order valence-corrected chi connectivity index (χ0v) is 21.4. The standard InChI is InChI=1S/C24H28ClN7O5/c1-24(37)9-14(33)10-31(19(34)7-6-18-27-15-5-4-13(25)8-16(15)28-18)11-17(24)32-12-26-21-20(32)22(35)30(3)23(36)29(21)2/h4-5,8,12,14,17,33,37H,6-7,9-11H2,1-3H3,(H,27,28)/t14-,17+,24+/m1/s1. The Balaban J connectivity index is 1.44. The number of nitrogens with one attached hydrogen (secondary N) is 1. The molecule has 0 radical (unpaired) electrons. The molecular weight excluding hydrogens is 502 g/mol. The van der Waals surface area contributed by atoms with Crippen molar-refractivity contribution in [1.29, 1.82) is 0 Å². The number of β-amino-alcohol motifs (C(OH)–C–C–N with tert-alkyl or cyclic N) is 1.